The SMILES string of the molecule is CCS(=O)(=O)CCn1c(C)nc([N+](=O)[O-])c1Br. The van der Waals surface area contributed by atoms with Gasteiger partial charge in [-0.05, 0) is 25.8 Å². The first-order valence-electron chi connectivity index (χ1n) is 4.86. The number of sulfone groups is 1. The molecule has 1 aromatic heterocycles. The van der Waals surface area contributed by atoms with Gasteiger partial charge in [0.15, 0.2) is 14.4 Å². The van der Waals surface area contributed by atoms with E-state index in [0.29, 0.717) is 5.82 Å². The number of hydrogen-bond donors (Lipinski definition) is 0. The number of halogens is 1. The van der Waals surface area contributed by atoms with E-state index >= 15 is 0 Å². The fourth-order valence-corrected chi connectivity index (χ4v) is 2.69. The Balaban J connectivity index is 2.97. The van der Waals surface area contributed by atoms with Crippen LogP contribution in [0.4, 0.5) is 5.82 Å². The number of nitrogens with zero attached hydrogens (tertiary/aromatic N) is 3. The van der Waals surface area contributed by atoms with E-state index in [0.717, 1.165) is 0 Å². The third kappa shape index (κ3) is 3.25. The molecule has 0 atom stereocenters. The van der Waals surface area contributed by atoms with Gasteiger partial charge in [0.1, 0.15) is 0 Å². The van der Waals surface area contributed by atoms with Crippen molar-refractivity contribution < 1.29 is 13.3 Å². The molecule has 0 saturated carbocycles. The minimum atomic E-state index is -3.10. The van der Waals surface area contributed by atoms with Gasteiger partial charge in [0.25, 0.3) is 0 Å². The molecule has 9 heteroatoms. The Bertz CT molecular complexity index is 537. The lowest BCUT2D eigenvalue weighted by atomic mass is 10.6. The molecule has 0 spiro atoms. The Morgan fingerprint density at radius 3 is 2.53 bits per heavy atom. The quantitative estimate of drug-likeness (QED) is 0.600. The first kappa shape index (κ1) is 14.1. The van der Waals surface area contributed by atoms with Gasteiger partial charge in [-0.1, -0.05) is 6.92 Å². The van der Waals surface area contributed by atoms with Crippen molar-refractivity contribution in [1.82, 2.24) is 9.55 Å². The average Bonchev–Trinajstić information content (AvgIpc) is 2.52. The average molecular weight is 326 g/mol. The van der Waals surface area contributed by atoms with E-state index in [4.69, 9.17) is 0 Å². The second-order valence-electron chi connectivity index (χ2n) is 3.42. The van der Waals surface area contributed by atoms with Crippen LogP contribution in [0.3, 0.4) is 0 Å². The molecule has 17 heavy (non-hydrogen) atoms. The van der Waals surface area contributed by atoms with Crippen LogP contribution in [0.2, 0.25) is 0 Å². The molecule has 0 radical (unpaired) electrons. The number of imidazole rings is 1. The van der Waals surface area contributed by atoms with Crippen LogP contribution in [0.1, 0.15) is 12.7 Å². The van der Waals surface area contributed by atoms with Crippen LogP contribution in [0.15, 0.2) is 4.60 Å². The summed E-state index contributed by atoms with van der Waals surface area (Å²) in [5.41, 5.74) is 0. The normalized spacial score (nSPS) is 11.7. The van der Waals surface area contributed by atoms with E-state index in [-0.39, 0.29) is 28.5 Å². The van der Waals surface area contributed by atoms with Crippen LogP contribution in [-0.2, 0) is 16.4 Å². The summed E-state index contributed by atoms with van der Waals surface area (Å²) in [6, 6.07) is 0. The van der Waals surface area contributed by atoms with E-state index in [1.54, 1.807) is 13.8 Å². The van der Waals surface area contributed by atoms with Gasteiger partial charge in [0.2, 0.25) is 5.82 Å². The summed E-state index contributed by atoms with van der Waals surface area (Å²) in [6.07, 6.45) is 0. The minimum absolute atomic E-state index is 0.0560. The molecule has 7 nitrogen and oxygen atoms in total. The van der Waals surface area contributed by atoms with Crippen LogP contribution >= 0.6 is 15.9 Å². The van der Waals surface area contributed by atoms with Crippen LogP contribution in [-0.4, -0.2) is 34.4 Å². The first-order valence-corrected chi connectivity index (χ1v) is 7.47. The molecule has 0 aliphatic rings. The van der Waals surface area contributed by atoms with E-state index in [1.165, 1.54) is 4.57 Å². The number of nitro groups is 1. The van der Waals surface area contributed by atoms with Gasteiger partial charge < -0.3 is 10.1 Å². The molecule has 1 rings (SSSR count). The van der Waals surface area contributed by atoms with Gasteiger partial charge >= 0.3 is 5.82 Å². The van der Waals surface area contributed by atoms with Crippen molar-refractivity contribution >= 4 is 31.6 Å². The van der Waals surface area contributed by atoms with E-state index < -0.39 is 14.8 Å². The zero-order valence-corrected chi connectivity index (χ0v) is 11.8. The highest BCUT2D eigenvalue weighted by molar-refractivity contribution is 9.10. The maximum absolute atomic E-state index is 11.4. The Hall–Kier alpha value is -0.960. The smallest absolute Gasteiger partial charge is 0.358 e. The Morgan fingerprint density at radius 2 is 2.12 bits per heavy atom. The molecule has 1 heterocycles. The zero-order valence-electron chi connectivity index (χ0n) is 9.38. The third-order valence-corrected chi connectivity index (χ3v) is 4.79. The number of rotatable bonds is 5. The predicted molar refractivity (Wildman–Crippen MR) is 65.6 cm³/mol. The summed E-state index contributed by atoms with van der Waals surface area (Å²) in [4.78, 5) is 13.8. The molecular weight excluding hydrogens is 314 g/mol. The summed E-state index contributed by atoms with van der Waals surface area (Å²) in [6.45, 7) is 3.31. The van der Waals surface area contributed by atoms with Crippen molar-refractivity contribution in [2.45, 2.75) is 20.4 Å². The number of hydrogen-bond acceptors (Lipinski definition) is 5. The standard InChI is InChI=1S/C8H12BrN3O4S/c1-3-17(15,16)5-4-11-6(2)10-8(7(11)9)12(13)14/h3-5H2,1-2H3. The Morgan fingerprint density at radius 1 is 1.53 bits per heavy atom. The number of aromatic nitrogens is 2. The van der Waals surface area contributed by atoms with Gasteiger partial charge in [-0.2, -0.15) is 0 Å². The molecule has 0 aromatic carbocycles. The van der Waals surface area contributed by atoms with Gasteiger partial charge in [-0.25, -0.2) is 8.42 Å². The molecule has 96 valence electrons. The zero-order chi connectivity index (χ0) is 13.2. The van der Waals surface area contributed by atoms with Crippen molar-refractivity contribution in [1.29, 1.82) is 0 Å². The fourth-order valence-electron chi connectivity index (χ4n) is 1.27. The molecular formula is C8H12BrN3O4S. The van der Waals surface area contributed by atoms with Gasteiger partial charge in [0.05, 0.1) is 5.75 Å². The summed E-state index contributed by atoms with van der Waals surface area (Å²) >= 11 is 3.06. The monoisotopic (exact) mass is 325 g/mol. The highest BCUT2D eigenvalue weighted by atomic mass is 79.9. The molecule has 0 bridgehead atoms. The highest BCUT2D eigenvalue weighted by Crippen LogP contribution is 2.25. The molecule has 0 saturated heterocycles. The second kappa shape index (κ2) is 5.13. The summed E-state index contributed by atoms with van der Waals surface area (Å²) in [5.74, 6) is 0.114. The van der Waals surface area contributed by atoms with Crippen LogP contribution < -0.4 is 0 Å². The van der Waals surface area contributed by atoms with Crippen LogP contribution in [0, 0.1) is 17.0 Å². The van der Waals surface area contributed by atoms with Crippen molar-refractivity contribution in [3.8, 4) is 0 Å². The molecule has 0 fully saturated rings. The maximum Gasteiger partial charge on any atom is 0.396 e. The molecule has 0 amide bonds. The van der Waals surface area contributed by atoms with E-state index in [1.807, 2.05) is 0 Å². The van der Waals surface area contributed by atoms with Crippen molar-refractivity contribution in [3.05, 3.63) is 20.5 Å². The van der Waals surface area contributed by atoms with Crippen LogP contribution in [0.25, 0.3) is 0 Å². The summed E-state index contributed by atoms with van der Waals surface area (Å²) in [5, 5.41) is 10.6. The van der Waals surface area contributed by atoms with Crippen molar-refractivity contribution in [2.75, 3.05) is 11.5 Å². The predicted octanol–water partition coefficient (Wildman–Crippen LogP) is 1.30. The molecule has 0 unspecified atom stereocenters. The van der Waals surface area contributed by atoms with Crippen molar-refractivity contribution in [3.63, 3.8) is 0 Å². The Labute approximate surface area is 107 Å². The lowest BCUT2D eigenvalue weighted by molar-refractivity contribution is -0.390. The maximum atomic E-state index is 11.4. The van der Waals surface area contributed by atoms with Gasteiger partial charge in [-0.3, -0.25) is 4.57 Å². The molecule has 0 aliphatic carbocycles. The Kier molecular flexibility index (Phi) is 4.26. The molecule has 1 aromatic rings. The van der Waals surface area contributed by atoms with Crippen LogP contribution in [0.5, 0.6) is 0 Å². The van der Waals surface area contributed by atoms with Gasteiger partial charge in [0, 0.05) is 19.2 Å². The largest absolute Gasteiger partial charge is 0.396 e. The van der Waals surface area contributed by atoms with Crippen molar-refractivity contribution in [2.24, 2.45) is 0 Å². The second-order valence-corrected chi connectivity index (χ2v) is 6.64. The third-order valence-electron chi connectivity index (χ3n) is 2.32. The summed E-state index contributed by atoms with van der Waals surface area (Å²) in [7, 11) is -3.10. The minimum Gasteiger partial charge on any atom is -0.358 e. The lowest BCUT2D eigenvalue weighted by Crippen LogP contribution is -2.15. The van der Waals surface area contributed by atoms with E-state index in [9.17, 15) is 18.5 Å². The molecule has 0 N–H and O–H groups in total. The highest BCUT2D eigenvalue weighted by Gasteiger charge is 2.23. The van der Waals surface area contributed by atoms with Gasteiger partial charge in [-0.15, -0.1) is 0 Å². The lowest BCUT2D eigenvalue weighted by Gasteiger charge is -2.04. The topological polar surface area (TPSA) is 95.1 Å². The first-order chi connectivity index (χ1) is 7.78. The molecule has 0 aliphatic heterocycles. The number of aryl methyl sites for hydroxylation is 1. The van der Waals surface area contributed by atoms with E-state index in [2.05, 4.69) is 20.9 Å². The summed E-state index contributed by atoms with van der Waals surface area (Å²) < 4.78 is 24.4. The fraction of sp³-hybridized carbons (Fsp3) is 0.625.